The summed E-state index contributed by atoms with van der Waals surface area (Å²) in [6.07, 6.45) is 0.495. The summed E-state index contributed by atoms with van der Waals surface area (Å²) >= 11 is 13.3. The minimum atomic E-state index is -0.620. The molecule has 3 aromatic rings. The molecule has 1 saturated heterocycles. The molecule has 4 rings (SSSR count). The third kappa shape index (κ3) is 6.38. The van der Waals surface area contributed by atoms with Gasteiger partial charge in [-0.1, -0.05) is 65.3 Å². The Hall–Kier alpha value is -2.87. The summed E-state index contributed by atoms with van der Waals surface area (Å²) in [4.78, 5) is 32.1. The van der Waals surface area contributed by atoms with Gasteiger partial charge in [0.2, 0.25) is 11.8 Å². The molecule has 1 atom stereocenters. The Labute approximate surface area is 211 Å². The van der Waals surface area contributed by atoms with Crippen molar-refractivity contribution < 1.29 is 14.0 Å². The highest BCUT2D eigenvalue weighted by molar-refractivity contribution is 8.15. The molecule has 9 heteroatoms. The SMILES string of the molecule is O=C(C[C@H]1SC(=Nc2ccccc2)N(CCc2ccc(F)cc2)C1=O)Nc1cc(Cl)cc(Cl)c1. The number of rotatable bonds is 7. The first-order chi connectivity index (χ1) is 16.4. The number of amides is 2. The lowest BCUT2D eigenvalue weighted by Gasteiger charge is -2.16. The van der Waals surface area contributed by atoms with E-state index in [1.807, 2.05) is 30.3 Å². The zero-order chi connectivity index (χ0) is 24.1. The molecule has 2 amide bonds. The average Bonchev–Trinajstić information content (AvgIpc) is 3.07. The highest BCUT2D eigenvalue weighted by Gasteiger charge is 2.39. The fraction of sp³-hybridized carbons (Fsp3) is 0.160. The Morgan fingerprint density at radius 1 is 1.03 bits per heavy atom. The Morgan fingerprint density at radius 3 is 2.38 bits per heavy atom. The van der Waals surface area contributed by atoms with Crippen LogP contribution in [0.2, 0.25) is 10.0 Å². The zero-order valence-electron chi connectivity index (χ0n) is 17.9. The van der Waals surface area contributed by atoms with E-state index in [0.717, 1.165) is 5.56 Å². The van der Waals surface area contributed by atoms with Crippen molar-refractivity contribution in [3.8, 4) is 0 Å². The lowest BCUT2D eigenvalue weighted by atomic mass is 10.1. The van der Waals surface area contributed by atoms with Crippen LogP contribution in [-0.2, 0) is 16.0 Å². The zero-order valence-corrected chi connectivity index (χ0v) is 20.2. The van der Waals surface area contributed by atoms with Crippen LogP contribution in [0.3, 0.4) is 0 Å². The summed E-state index contributed by atoms with van der Waals surface area (Å²) in [5, 5.41) is 3.46. The molecule has 0 radical (unpaired) electrons. The Bertz CT molecular complexity index is 1200. The van der Waals surface area contributed by atoms with Gasteiger partial charge < -0.3 is 5.32 Å². The van der Waals surface area contributed by atoms with Crippen LogP contribution in [-0.4, -0.2) is 33.7 Å². The molecular formula is C25H20Cl2FN3O2S. The lowest BCUT2D eigenvalue weighted by Crippen LogP contribution is -2.35. The van der Waals surface area contributed by atoms with Crippen LogP contribution in [0.1, 0.15) is 12.0 Å². The van der Waals surface area contributed by atoms with Crippen LogP contribution < -0.4 is 5.32 Å². The third-order valence-electron chi connectivity index (χ3n) is 5.06. The van der Waals surface area contributed by atoms with E-state index in [0.29, 0.717) is 39.6 Å². The largest absolute Gasteiger partial charge is 0.326 e. The molecule has 0 saturated carbocycles. The number of halogens is 3. The molecule has 34 heavy (non-hydrogen) atoms. The highest BCUT2D eigenvalue weighted by Crippen LogP contribution is 2.32. The number of amidine groups is 1. The van der Waals surface area contributed by atoms with Crippen LogP contribution in [0.15, 0.2) is 77.8 Å². The predicted octanol–water partition coefficient (Wildman–Crippen LogP) is 6.34. The van der Waals surface area contributed by atoms with Crippen LogP contribution >= 0.6 is 35.0 Å². The van der Waals surface area contributed by atoms with Gasteiger partial charge in [-0.25, -0.2) is 9.38 Å². The van der Waals surface area contributed by atoms with Crippen LogP contribution in [0.25, 0.3) is 0 Å². The minimum absolute atomic E-state index is 0.0332. The van der Waals surface area contributed by atoms with Gasteiger partial charge in [-0.3, -0.25) is 14.5 Å². The van der Waals surface area contributed by atoms with Gasteiger partial charge in [0.05, 0.1) is 5.69 Å². The topological polar surface area (TPSA) is 61.8 Å². The van der Waals surface area contributed by atoms with E-state index in [9.17, 15) is 14.0 Å². The summed E-state index contributed by atoms with van der Waals surface area (Å²) in [5.74, 6) is -0.834. The van der Waals surface area contributed by atoms with Gasteiger partial charge in [-0.2, -0.15) is 0 Å². The van der Waals surface area contributed by atoms with E-state index in [1.165, 1.54) is 23.9 Å². The fourth-order valence-electron chi connectivity index (χ4n) is 3.44. The van der Waals surface area contributed by atoms with Crippen molar-refractivity contribution in [2.45, 2.75) is 18.1 Å². The minimum Gasteiger partial charge on any atom is -0.326 e. The van der Waals surface area contributed by atoms with Gasteiger partial charge in [-0.15, -0.1) is 0 Å². The second kappa shape index (κ2) is 11.0. The number of nitrogens with one attached hydrogen (secondary N) is 1. The molecule has 1 aliphatic heterocycles. The standard InChI is InChI=1S/C25H20Cl2FN3O2S/c26-17-12-18(27)14-21(13-17)29-23(32)15-22-24(33)31(11-10-16-6-8-19(28)9-7-16)25(34-22)30-20-4-2-1-3-5-20/h1-9,12-14,22H,10-11,15H2,(H,29,32)/t22-/m1/s1. The maximum absolute atomic E-state index is 13.2. The molecule has 5 nitrogen and oxygen atoms in total. The maximum Gasteiger partial charge on any atom is 0.242 e. The second-order valence-electron chi connectivity index (χ2n) is 7.61. The average molecular weight is 516 g/mol. The van der Waals surface area contributed by atoms with Crippen molar-refractivity contribution in [1.82, 2.24) is 4.90 Å². The van der Waals surface area contributed by atoms with E-state index in [1.54, 1.807) is 35.2 Å². The smallest absolute Gasteiger partial charge is 0.242 e. The molecule has 0 aromatic heterocycles. The Kier molecular flexibility index (Phi) is 7.88. The number of nitrogens with zero attached hydrogens (tertiary/aromatic N) is 2. The summed E-state index contributed by atoms with van der Waals surface area (Å²) < 4.78 is 13.2. The monoisotopic (exact) mass is 515 g/mol. The van der Waals surface area contributed by atoms with Crippen LogP contribution in [0, 0.1) is 5.82 Å². The van der Waals surface area contributed by atoms with Gasteiger partial charge in [0.1, 0.15) is 11.1 Å². The first-order valence-corrected chi connectivity index (χ1v) is 12.1. The number of anilines is 1. The predicted molar refractivity (Wildman–Crippen MR) is 136 cm³/mol. The number of hydrogen-bond donors (Lipinski definition) is 1. The molecule has 0 spiro atoms. The maximum atomic E-state index is 13.2. The lowest BCUT2D eigenvalue weighted by molar-refractivity contribution is -0.128. The first-order valence-electron chi connectivity index (χ1n) is 10.5. The molecular weight excluding hydrogens is 496 g/mol. The van der Waals surface area contributed by atoms with Gasteiger partial charge in [0, 0.05) is 28.7 Å². The van der Waals surface area contributed by atoms with E-state index in [2.05, 4.69) is 10.3 Å². The molecule has 1 fully saturated rings. The molecule has 0 bridgehead atoms. The quantitative estimate of drug-likeness (QED) is 0.399. The normalized spacial score (nSPS) is 16.8. The molecule has 3 aromatic carbocycles. The van der Waals surface area contributed by atoms with Gasteiger partial charge >= 0.3 is 0 Å². The fourth-order valence-corrected chi connectivity index (χ4v) is 5.15. The number of carbonyl (C=O) groups is 2. The van der Waals surface area contributed by atoms with E-state index in [-0.39, 0.29) is 24.1 Å². The number of hydrogen-bond acceptors (Lipinski definition) is 4. The number of benzene rings is 3. The molecule has 0 unspecified atom stereocenters. The molecule has 1 heterocycles. The third-order valence-corrected chi connectivity index (χ3v) is 6.67. The Balaban J connectivity index is 1.49. The van der Waals surface area contributed by atoms with Crippen molar-refractivity contribution in [1.29, 1.82) is 0 Å². The van der Waals surface area contributed by atoms with Crippen molar-refractivity contribution in [2.75, 3.05) is 11.9 Å². The van der Waals surface area contributed by atoms with E-state index < -0.39 is 5.25 Å². The molecule has 1 N–H and O–H groups in total. The van der Waals surface area contributed by atoms with Crippen LogP contribution in [0.5, 0.6) is 0 Å². The van der Waals surface area contributed by atoms with Gasteiger partial charge in [0.25, 0.3) is 0 Å². The van der Waals surface area contributed by atoms with Gasteiger partial charge in [0.15, 0.2) is 5.17 Å². The number of aliphatic imine (C=N–C) groups is 1. The highest BCUT2D eigenvalue weighted by atomic mass is 35.5. The molecule has 0 aliphatic carbocycles. The second-order valence-corrected chi connectivity index (χ2v) is 9.66. The number of thioether (sulfide) groups is 1. The summed E-state index contributed by atoms with van der Waals surface area (Å²) in [6, 6.07) is 20.2. The van der Waals surface area contributed by atoms with E-state index in [4.69, 9.17) is 23.2 Å². The summed E-state index contributed by atoms with van der Waals surface area (Å²) in [7, 11) is 0. The molecule has 1 aliphatic rings. The van der Waals surface area contributed by atoms with Crippen molar-refractivity contribution >= 4 is 63.3 Å². The summed E-state index contributed by atoms with van der Waals surface area (Å²) in [5.41, 5.74) is 2.07. The number of para-hydroxylation sites is 1. The number of carbonyl (C=O) groups excluding carboxylic acids is 2. The summed E-state index contributed by atoms with van der Waals surface area (Å²) in [6.45, 7) is 0.366. The first kappa shape index (κ1) is 24.3. The van der Waals surface area contributed by atoms with Crippen molar-refractivity contribution in [2.24, 2.45) is 4.99 Å². The van der Waals surface area contributed by atoms with Crippen LogP contribution in [0.4, 0.5) is 15.8 Å². The van der Waals surface area contributed by atoms with E-state index >= 15 is 0 Å². The molecule has 174 valence electrons. The van der Waals surface area contributed by atoms with Crippen molar-refractivity contribution in [3.05, 3.63) is 94.2 Å². The van der Waals surface area contributed by atoms with Gasteiger partial charge in [-0.05, 0) is 54.4 Å². The van der Waals surface area contributed by atoms with Crippen molar-refractivity contribution in [3.63, 3.8) is 0 Å². The Morgan fingerprint density at radius 2 is 1.71 bits per heavy atom.